The monoisotopic (exact) mass is 316 g/mol. The summed E-state index contributed by atoms with van der Waals surface area (Å²) >= 11 is 10.4. The Morgan fingerprint density at radius 1 is 1.44 bits per heavy atom. The summed E-state index contributed by atoms with van der Waals surface area (Å²) in [5, 5.41) is 3.21. The Bertz CT molecular complexity index is 529. The Morgan fingerprint density at radius 2 is 2.25 bits per heavy atom. The SMILES string of the molecule is O=C(Nc1cc(Cl)ccn1)c1ccc(Br)s1. The van der Waals surface area contributed by atoms with E-state index in [-0.39, 0.29) is 5.91 Å². The topological polar surface area (TPSA) is 42.0 Å². The number of halogens is 2. The normalized spacial score (nSPS) is 10.1. The average Bonchev–Trinajstić information content (AvgIpc) is 2.65. The number of hydrogen-bond acceptors (Lipinski definition) is 3. The van der Waals surface area contributed by atoms with Crippen molar-refractivity contribution in [2.45, 2.75) is 0 Å². The Balaban J connectivity index is 2.13. The predicted molar refractivity (Wildman–Crippen MR) is 69.2 cm³/mol. The van der Waals surface area contributed by atoms with Gasteiger partial charge in [-0.25, -0.2) is 4.98 Å². The zero-order chi connectivity index (χ0) is 11.5. The van der Waals surface area contributed by atoms with Gasteiger partial charge in [-0.1, -0.05) is 11.6 Å². The second-order valence-corrected chi connectivity index (χ2v) is 5.82. The number of hydrogen-bond donors (Lipinski definition) is 1. The first-order valence-electron chi connectivity index (χ1n) is 4.33. The van der Waals surface area contributed by atoms with Crippen molar-refractivity contribution in [1.29, 1.82) is 0 Å². The number of anilines is 1. The summed E-state index contributed by atoms with van der Waals surface area (Å²) in [6, 6.07) is 6.82. The number of nitrogens with one attached hydrogen (secondary N) is 1. The first-order chi connectivity index (χ1) is 7.65. The average molecular weight is 318 g/mol. The van der Waals surface area contributed by atoms with E-state index in [2.05, 4.69) is 26.2 Å². The fraction of sp³-hybridized carbons (Fsp3) is 0. The molecule has 0 saturated carbocycles. The van der Waals surface area contributed by atoms with Crippen LogP contribution in [0.25, 0.3) is 0 Å². The Hall–Kier alpha value is -0.910. The maximum absolute atomic E-state index is 11.7. The van der Waals surface area contributed by atoms with Crippen LogP contribution in [0.5, 0.6) is 0 Å². The molecule has 2 aromatic heterocycles. The molecule has 2 rings (SSSR count). The maximum Gasteiger partial charge on any atom is 0.266 e. The number of nitrogens with zero attached hydrogens (tertiary/aromatic N) is 1. The zero-order valence-electron chi connectivity index (χ0n) is 7.91. The summed E-state index contributed by atoms with van der Waals surface area (Å²) in [6.07, 6.45) is 1.54. The van der Waals surface area contributed by atoms with Crippen molar-refractivity contribution in [3.63, 3.8) is 0 Å². The van der Waals surface area contributed by atoms with Crippen LogP contribution in [0.3, 0.4) is 0 Å². The Labute approximate surface area is 110 Å². The van der Waals surface area contributed by atoms with E-state index in [1.54, 1.807) is 24.4 Å². The quantitative estimate of drug-likeness (QED) is 0.915. The lowest BCUT2D eigenvalue weighted by atomic mass is 10.4. The highest BCUT2D eigenvalue weighted by Crippen LogP contribution is 2.23. The van der Waals surface area contributed by atoms with Gasteiger partial charge in [-0.2, -0.15) is 0 Å². The van der Waals surface area contributed by atoms with Crippen LogP contribution < -0.4 is 5.32 Å². The maximum atomic E-state index is 11.7. The van der Waals surface area contributed by atoms with Crippen molar-refractivity contribution >= 4 is 50.6 Å². The fourth-order valence-corrected chi connectivity index (χ4v) is 2.53. The second kappa shape index (κ2) is 4.95. The lowest BCUT2D eigenvalue weighted by Gasteiger charge is -2.01. The molecule has 3 nitrogen and oxygen atoms in total. The highest BCUT2D eigenvalue weighted by Gasteiger charge is 2.09. The molecule has 0 saturated heterocycles. The minimum absolute atomic E-state index is 0.189. The van der Waals surface area contributed by atoms with E-state index < -0.39 is 0 Å². The van der Waals surface area contributed by atoms with Crippen LogP contribution in [0.2, 0.25) is 5.02 Å². The van der Waals surface area contributed by atoms with Crippen LogP contribution in [0.15, 0.2) is 34.2 Å². The van der Waals surface area contributed by atoms with E-state index >= 15 is 0 Å². The number of amides is 1. The van der Waals surface area contributed by atoms with Crippen LogP contribution >= 0.6 is 38.9 Å². The van der Waals surface area contributed by atoms with Crippen LogP contribution in [0.4, 0.5) is 5.82 Å². The standard InChI is InChI=1S/C10H6BrClN2OS/c11-8-2-1-7(16-8)10(15)14-9-5-6(12)3-4-13-9/h1-5H,(H,13,14,15). The molecule has 0 unspecified atom stereocenters. The molecule has 2 aromatic rings. The summed E-state index contributed by atoms with van der Waals surface area (Å²) in [7, 11) is 0. The van der Waals surface area contributed by atoms with Gasteiger partial charge in [0.15, 0.2) is 0 Å². The number of rotatable bonds is 2. The molecule has 1 N–H and O–H groups in total. The number of aromatic nitrogens is 1. The zero-order valence-corrected chi connectivity index (χ0v) is 11.1. The van der Waals surface area contributed by atoms with E-state index in [9.17, 15) is 4.79 Å². The molecule has 1 amide bonds. The van der Waals surface area contributed by atoms with Gasteiger partial charge in [0.1, 0.15) is 5.82 Å². The van der Waals surface area contributed by atoms with Crippen molar-refractivity contribution in [3.8, 4) is 0 Å². The number of carbonyl (C=O) groups excluding carboxylic acids is 1. The molecular weight excluding hydrogens is 312 g/mol. The molecule has 0 aliphatic rings. The molecule has 82 valence electrons. The number of thiophene rings is 1. The molecule has 0 bridgehead atoms. The van der Waals surface area contributed by atoms with E-state index in [4.69, 9.17) is 11.6 Å². The first-order valence-corrected chi connectivity index (χ1v) is 6.32. The molecule has 0 aliphatic heterocycles. The smallest absolute Gasteiger partial charge is 0.266 e. The third-order valence-corrected chi connectivity index (χ3v) is 3.62. The molecule has 0 radical (unpaired) electrons. The van der Waals surface area contributed by atoms with Gasteiger partial charge >= 0.3 is 0 Å². The lowest BCUT2D eigenvalue weighted by molar-refractivity contribution is 0.103. The lowest BCUT2D eigenvalue weighted by Crippen LogP contribution is -2.11. The van der Waals surface area contributed by atoms with Crippen LogP contribution in [0, 0.1) is 0 Å². The molecule has 0 aliphatic carbocycles. The second-order valence-electron chi connectivity index (χ2n) is 2.92. The fourth-order valence-electron chi connectivity index (χ4n) is 1.09. The van der Waals surface area contributed by atoms with Crippen molar-refractivity contribution < 1.29 is 4.79 Å². The van der Waals surface area contributed by atoms with Crippen molar-refractivity contribution in [1.82, 2.24) is 4.98 Å². The summed E-state index contributed by atoms with van der Waals surface area (Å²) < 4.78 is 0.914. The minimum atomic E-state index is -0.189. The van der Waals surface area contributed by atoms with Gasteiger partial charge in [0.05, 0.1) is 8.66 Å². The summed E-state index contributed by atoms with van der Waals surface area (Å²) in [4.78, 5) is 16.3. The third kappa shape index (κ3) is 2.81. The van der Waals surface area contributed by atoms with E-state index in [1.807, 2.05) is 6.07 Å². The van der Waals surface area contributed by atoms with Gasteiger partial charge in [-0.3, -0.25) is 4.79 Å². The molecule has 0 aromatic carbocycles. The minimum Gasteiger partial charge on any atom is -0.306 e. The molecule has 0 atom stereocenters. The van der Waals surface area contributed by atoms with E-state index in [1.165, 1.54) is 11.3 Å². The van der Waals surface area contributed by atoms with Crippen molar-refractivity contribution in [2.75, 3.05) is 5.32 Å². The largest absolute Gasteiger partial charge is 0.306 e. The van der Waals surface area contributed by atoms with Crippen LogP contribution in [-0.4, -0.2) is 10.9 Å². The molecule has 0 fully saturated rings. The van der Waals surface area contributed by atoms with Gasteiger partial charge in [-0.15, -0.1) is 11.3 Å². The van der Waals surface area contributed by atoms with Crippen molar-refractivity contribution in [2.24, 2.45) is 0 Å². The number of pyridine rings is 1. The Morgan fingerprint density at radius 3 is 2.88 bits per heavy atom. The molecule has 2 heterocycles. The van der Waals surface area contributed by atoms with Gasteiger partial charge in [-0.05, 0) is 40.2 Å². The van der Waals surface area contributed by atoms with Crippen LogP contribution in [0.1, 0.15) is 9.67 Å². The van der Waals surface area contributed by atoms with Gasteiger partial charge in [0.2, 0.25) is 0 Å². The van der Waals surface area contributed by atoms with Crippen LogP contribution in [-0.2, 0) is 0 Å². The molecule has 16 heavy (non-hydrogen) atoms. The Kier molecular flexibility index (Phi) is 3.58. The molecular formula is C10H6BrClN2OS. The van der Waals surface area contributed by atoms with E-state index in [0.29, 0.717) is 15.7 Å². The first kappa shape index (κ1) is 11.6. The van der Waals surface area contributed by atoms with Gasteiger partial charge in [0.25, 0.3) is 5.91 Å². The summed E-state index contributed by atoms with van der Waals surface area (Å²) in [5.74, 6) is 0.257. The molecule has 0 spiro atoms. The predicted octanol–water partition coefficient (Wildman–Crippen LogP) is 3.81. The highest BCUT2D eigenvalue weighted by molar-refractivity contribution is 9.11. The third-order valence-electron chi connectivity index (χ3n) is 1.76. The van der Waals surface area contributed by atoms with Crippen molar-refractivity contribution in [3.05, 3.63) is 44.1 Å². The van der Waals surface area contributed by atoms with Gasteiger partial charge < -0.3 is 5.32 Å². The van der Waals surface area contributed by atoms with E-state index in [0.717, 1.165) is 3.79 Å². The van der Waals surface area contributed by atoms with Gasteiger partial charge in [0, 0.05) is 11.2 Å². The molecule has 6 heteroatoms. The summed E-state index contributed by atoms with van der Waals surface area (Å²) in [5.41, 5.74) is 0. The summed E-state index contributed by atoms with van der Waals surface area (Å²) in [6.45, 7) is 0. The number of carbonyl (C=O) groups is 1. The highest BCUT2D eigenvalue weighted by atomic mass is 79.9.